The molecule has 0 radical (unpaired) electrons. The predicted molar refractivity (Wildman–Crippen MR) is 106 cm³/mol. The van der Waals surface area contributed by atoms with Crippen LogP contribution in [-0.4, -0.2) is 45.7 Å². The Morgan fingerprint density at radius 2 is 1.87 bits per heavy atom. The van der Waals surface area contributed by atoms with Gasteiger partial charge >= 0.3 is 0 Å². The lowest BCUT2D eigenvalue weighted by Gasteiger charge is -2.37. The molecule has 2 aliphatic heterocycles. The van der Waals surface area contributed by atoms with E-state index in [2.05, 4.69) is 10.0 Å². The van der Waals surface area contributed by atoms with Crippen molar-refractivity contribution in [2.45, 2.75) is 49.1 Å². The van der Waals surface area contributed by atoms with Crippen LogP contribution < -0.4 is 0 Å². The third kappa shape index (κ3) is 4.34. The fourth-order valence-electron chi connectivity index (χ4n) is 3.53. The van der Waals surface area contributed by atoms with Crippen molar-refractivity contribution < 1.29 is 26.8 Å². The molecule has 2 aliphatic rings. The minimum atomic E-state index is -4.14. The summed E-state index contributed by atoms with van der Waals surface area (Å²) < 4.78 is 48.4. The second-order valence-corrected chi connectivity index (χ2v) is 8.73. The van der Waals surface area contributed by atoms with Crippen LogP contribution in [0, 0.1) is 6.92 Å². The summed E-state index contributed by atoms with van der Waals surface area (Å²) >= 11 is 0. The van der Waals surface area contributed by atoms with Crippen LogP contribution in [0.1, 0.15) is 11.1 Å². The first-order valence-electron chi connectivity index (χ1n) is 9.45. The summed E-state index contributed by atoms with van der Waals surface area (Å²) in [6.07, 6.45) is -3.36. The van der Waals surface area contributed by atoms with Crippen molar-refractivity contribution in [3.05, 3.63) is 76.2 Å². The lowest BCUT2D eigenvalue weighted by atomic mass is 9.98. The number of fused-ring (bicyclic) bond motifs is 2. The van der Waals surface area contributed by atoms with Crippen molar-refractivity contribution in [2.75, 3.05) is 6.61 Å². The van der Waals surface area contributed by atoms with E-state index in [1.54, 1.807) is 12.1 Å². The zero-order valence-electron chi connectivity index (χ0n) is 16.2. The Morgan fingerprint density at radius 1 is 1.13 bits per heavy atom. The quantitative estimate of drug-likeness (QED) is 0.288. The fraction of sp³-hybridized carbons (Fsp3) is 0.400. The van der Waals surface area contributed by atoms with Gasteiger partial charge in [-0.1, -0.05) is 53.1 Å². The standard InChI is InChI=1S/C20H21N3O6S/c1-13-7-9-15(10-8-13)30(24,25)29-19-17(22-23-21)18(16-12-27-20(19)28-16)26-11-14-5-3-2-4-6-14/h2-10,16-20H,11-12H2,1H3/t16-,17+,18-,19-,20+/m1/s1. The maximum atomic E-state index is 12.8. The van der Waals surface area contributed by atoms with Gasteiger partial charge < -0.3 is 14.2 Å². The first kappa shape index (κ1) is 20.8. The van der Waals surface area contributed by atoms with Crippen molar-refractivity contribution in [1.29, 1.82) is 0 Å². The van der Waals surface area contributed by atoms with Gasteiger partial charge in [-0.2, -0.15) is 8.42 Å². The zero-order chi connectivity index (χ0) is 21.1. The Hall–Kier alpha value is -2.46. The van der Waals surface area contributed by atoms with Crippen molar-refractivity contribution in [1.82, 2.24) is 0 Å². The molecule has 2 heterocycles. The Morgan fingerprint density at radius 3 is 2.57 bits per heavy atom. The molecule has 2 aromatic carbocycles. The molecule has 0 amide bonds. The van der Waals surface area contributed by atoms with E-state index in [1.807, 2.05) is 37.3 Å². The van der Waals surface area contributed by atoms with Gasteiger partial charge in [-0.05, 0) is 30.2 Å². The van der Waals surface area contributed by atoms with Crippen LogP contribution in [0.4, 0.5) is 0 Å². The summed E-state index contributed by atoms with van der Waals surface area (Å²) in [5.41, 5.74) is 10.9. The van der Waals surface area contributed by atoms with E-state index in [0.717, 1.165) is 11.1 Å². The molecule has 10 heteroatoms. The van der Waals surface area contributed by atoms with Gasteiger partial charge in [0.15, 0.2) is 6.29 Å². The highest BCUT2D eigenvalue weighted by Crippen LogP contribution is 2.35. The molecule has 2 bridgehead atoms. The monoisotopic (exact) mass is 431 g/mol. The highest BCUT2D eigenvalue weighted by molar-refractivity contribution is 7.86. The minimum absolute atomic E-state index is 0.00494. The summed E-state index contributed by atoms with van der Waals surface area (Å²) in [6.45, 7) is 2.28. The van der Waals surface area contributed by atoms with Gasteiger partial charge in [0.05, 0.1) is 30.3 Å². The largest absolute Gasteiger partial charge is 0.370 e. The van der Waals surface area contributed by atoms with E-state index in [0.29, 0.717) is 0 Å². The second-order valence-electron chi connectivity index (χ2n) is 7.16. The molecule has 0 saturated carbocycles. The third-order valence-corrected chi connectivity index (χ3v) is 6.38. The number of benzene rings is 2. The van der Waals surface area contributed by atoms with Crippen LogP contribution in [0.15, 0.2) is 64.6 Å². The SMILES string of the molecule is Cc1ccc(S(=O)(=O)O[C@H]2[C@H]3OC[C@@H](O3)[C@@H](OCc3ccccc3)[C@@H]2N=[N+]=[N-])cc1. The second kappa shape index (κ2) is 8.73. The fourth-order valence-corrected chi connectivity index (χ4v) is 4.60. The molecule has 0 unspecified atom stereocenters. The van der Waals surface area contributed by atoms with Gasteiger partial charge in [-0.3, -0.25) is 4.18 Å². The third-order valence-electron chi connectivity index (χ3n) is 5.06. The van der Waals surface area contributed by atoms with Crippen molar-refractivity contribution in [3.8, 4) is 0 Å². The van der Waals surface area contributed by atoms with Crippen molar-refractivity contribution in [3.63, 3.8) is 0 Å². The molecule has 158 valence electrons. The van der Waals surface area contributed by atoms with Crippen LogP contribution in [0.3, 0.4) is 0 Å². The van der Waals surface area contributed by atoms with Crippen LogP contribution in [0.25, 0.3) is 10.4 Å². The van der Waals surface area contributed by atoms with Crippen molar-refractivity contribution >= 4 is 10.1 Å². The first-order valence-corrected chi connectivity index (χ1v) is 10.9. The van der Waals surface area contributed by atoms with Crippen LogP contribution in [-0.2, 0) is 35.1 Å². The molecule has 2 fully saturated rings. The lowest BCUT2D eigenvalue weighted by molar-refractivity contribution is -0.193. The molecule has 0 aliphatic carbocycles. The normalized spacial score (nSPS) is 28.1. The smallest absolute Gasteiger partial charge is 0.297 e. The van der Waals surface area contributed by atoms with E-state index in [9.17, 15) is 8.42 Å². The zero-order valence-corrected chi connectivity index (χ0v) is 17.0. The topological polar surface area (TPSA) is 120 Å². The van der Waals surface area contributed by atoms with E-state index in [-0.39, 0.29) is 18.1 Å². The molecular weight excluding hydrogens is 410 g/mol. The number of aryl methyl sites for hydroxylation is 1. The van der Waals surface area contributed by atoms with Crippen LogP contribution in [0.5, 0.6) is 0 Å². The number of hydrogen-bond donors (Lipinski definition) is 0. The molecule has 0 N–H and O–H groups in total. The Balaban J connectivity index is 1.58. The molecule has 0 aromatic heterocycles. The van der Waals surface area contributed by atoms with Gasteiger partial charge in [-0.25, -0.2) is 0 Å². The summed E-state index contributed by atoms with van der Waals surface area (Å²) in [7, 11) is -4.14. The van der Waals surface area contributed by atoms with Gasteiger partial charge in [0.1, 0.15) is 12.2 Å². The number of azide groups is 1. The van der Waals surface area contributed by atoms with Gasteiger partial charge in [0, 0.05) is 4.91 Å². The number of nitrogens with zero attached hydrogens (tertiary/aromatic N) is 3. The van der Waals surface area contributed by atoms with Gasteiger partial charge in [-0.15, -0.1) is 0 Å². The van der Waals surface area contributed by atoms with E-state index < -0.39 is 40.8 Å². The van der Waals surface area contributed by atoms with Gasteiger partial charge in [0.2, 0.25) is 0 Å². The molecule has 9 nitrogen and oxygen atoms in total. The molecule has 4 rings (SSSR count). The van der Waals surface area contributed by atoms with E-state index >= 15 is 0 Å². The Kier molecular flexibility index (Phi) is 6.05. The number of ether oxygens (including phenoxy) is 3. The predicted octanol–water partition coefficient (Wildman–Crippen LogP) is 3.09. The van der Waals surface area contributed by atoms with Crippen molar-refractivity contribution in [2.24, 2.45) is 5.11 Å². The van der Waals surface area contributed by atoms with Gasteiger partial charge in [0.25, 0.3) is 10.1 Å². The molecule has 0 spiro atoms. The van der Waals surface area contributed by atoms with E-state index in [4.69, 9.17) is 23.9 Å². The lowest BCUT2D eigenvalue weighted by Crippen LogP contribution is -2.55. The molecule has 2 aromatic rings. The Labute approximate surface area is 174 Å². The summed E-state index contributed by atoms with van der Waals surface area (Å²) in [4.78, 5) is 2.88. The summed E-state index contributed by atoms with van der Waals surface area (Å²) in [5.74, 6) is 0. The molecule has 30 heavy (non-hydrogen) atoms. The van der Waals surface area contributed by atoms with Crippen LogP contribution >= 0.6 is 0 Å². The summed E-state index contributed by atoms with van der Waals surface area (Å²) in [5, 5.41) is 3.80. The molecule has 5 atom stereocenters. The maximum Gasteiger partial charge on any atom is 0.297 e. The maximum absolute atomic E-state index is 12.8. The highest BCUT2D eigenvalue weighted by atomic mass is 32.2. The highest BCUT2D eigenvalue weighted by Gasteiger charge is 2.53. The first-order chi connectivity index (χ1) is 14.5. The van der Waals surface area contributed by atoms with Crippen LogP contribution in [0.2, 0.25) is 0 Å². The molecular formula is C20H21N3O6S. The number of hydrogen-bond acceptors (Lipinski definition) is 7. The minimum Gasteiger partial charge on any atom is -0.370 e. The van der Waals surface area contributed by atoms with E-state index in [1.165, 1.54) is 12.1 Å². The number of rotatable bonds is 7. The average Bonchev–Trinajstić information content (AvgIpc) is 3.18. The molecule has 2 saturated heterocycles. The average molecular weight is 431 g/mol. The Bertz CT molecular complexity index is 1020. The summed E-state index contributed by atoms with van der Waals surface area (Å²) in [6, 6.07) is 14.8.